The summed E-state index contributed by atoms with van der Waals surface area (Å²) in [5, 5.41) is 3.40. The Morgan fingerprint density at radius 2 is 2.00 bits per heavy atom. The topological polar surface area (TPSA) is 21.3 Å². The summed E-state index contributed by atoms with van der Waals surface area (Å²) in [7, 11) is 1.67. The fourth-order valence-electron chi connectivity index (χ4n) is 1.58. The van der Waals surface area contributed by atoms with Crippen molar-refractivity contribution in [1.29, 1.82) is 0 Å². The molecule has 1 aromatic carbocycles. The molecule has 0 bridgehead atoms. The molecule has 0 saturated heterocycles. The van der Waals surface area contributed by atoms with Gasteiger partial charge in [0.25, 0.3) is 0 Å². The van der Waals surface area contributed by atoms with Gasteiger partial charge in [-0.1, -0.05) is 15.9 Å². The van der Waals surface area contributed by atoms with E-state index in [9.17, 15) is 0 Å². The number of thiophene rings is 1. The van der Waals surface area contributed by atoms with E-state index >= 15 is 0 Å². The van der Waals surface area contributed by atoms with Gasteiger partial charge in [0.1, 0.15) is 5.75 Å². The zero-order chi connectivity index (χ0) is 13.1. The van der Waals surface area contributed by atoms with Crippen molar-refractivity contribution >= 4 is 48.9 Å². The highest BCUT2D eigenvalue weighted by Gasteiger charge is 2.04. The second kappa shape index (κ2) is 6.08. The molecule has 0 fully saturated rings. The lowest BCUT2D eigenvalue weighted by atomic mass is 10.3. The van der Waals surface area contributed by atoms with E-state index in [0.717, 1.165) is 22.5 Å². The Kier molecular flexibility index (Phi) is 4.70. The van der Waals surface area contributed by atoms with Gasteiger partial charge in [0.15, 0.2) is 0 Å². The molecule has 0 aliphatic rings. The van der Waals surface area contributed by atoms with Crippen LogP contribution in [-0.4, -0.2) is 7.11 Å². The molecule has 0 aliphatic heterocycles. The molecule has 0 spiro atoms. The lowest BCUT2D eigenvalue weighted by Gasteiger charge is -2.08. The number of halogens is 2. The number of aryl methyl sites for hydroxylation is 1. The van der Waals surface area contributed by atoms with E-state index in [-0.39, 0.29) is 0 Å². The summed E-state index contributed by atoms with van der Waals surface area (Å²) in [6.45, 7) is 2.93. The van der Waals surface area contributed by atoms with Gasteiger partial charge in [-0.2, -0.15) is 0 Å². The Balaban J connectivity index is 2.07. The van der Waals surface area contributed by atoms with Crippen molar-refractivity contribution in [1.82, 2.24) is 0 Å². The van der Waals surface area contributed by atoms with Gasteiger partial charge < -0.3 is 10.1 Å². The number of benzene rings is 1. The first kappa shape index (κ1) is 13.9. The van der Waals surface area contributed by atoms with Crippen LogP contribution in [0.4, 0.5) is 5.69 Å². The number of anilines is 1. The first-order valence-electron chi connectivity index (χ1n) is 5.42. The Labute approximate surface area is 128 Å². The van der Waals surface area contributed by atoms with Crippen LogP contribution in [0.15, 0.2) is 33.2 Å². The van der Waals surface area contributed by atoms with Crippen molar-refractivity contribution in [2.75, 3.05) is 12.4 Å². The molecule has 1 heterocycles. The largest absolute Gasteiger partial charge is 0.497 e. The third-order valence-electron chi connectivity index (χ3n) is 2.48. The molecule has 0 amide bonds. The smallest absolute Gasteiger partial charge is 0.122 e. The Morgan fingerprint density at radius 1 is 1.22 bits per heavy atom. The highest BCUT2D eigenvalue weighted by atomic mass is 79.9. The average molecular weight is 391 g/mol. The third kappa shape index (κ3) is 3.49. The molecule has 18 heavy (non-hydrogen) atoms. The molecule has 0 atom stereocenters. The van der Waals surface area contributed by atoms with E-state index in [1.54, 1.807) is 18.4 Å². The fourth-order valence-corrected chi connectivity index (χ4v) is 3.59. The first-order chi connectivity index (χ1) is 8.58. The molecule has 0 aliphatic carbocycles. The van der Waals surface area contributed by atoms with Gasteiger partial charge in [0.2, 0.25) is 0 Å². The summed E-state index contributed by atoms with van der Waals surface area (Å²) in [4.78, 5) is 2.61. The van der Waals surface area contributed by atoms with E-state index < -0.39 is 0 Å². The molecule has 5 heteroatoms. The Bertz CT molecular complexity index is 534. The Morgan fingerprint density at radius 3 is 2.61 bits per heavy atom. The van der Waals surface area contributed by atoms with Crippen molar-refractivity contribution < 1.29 is 4.74 Å². The predicted molar refractivity (Wildman–Crippen MR) is 84.8 cm³/mol. The van der Waals surface area contributed by atoms with Gasteiger partial charge in [-0.05, 0) is 41.1 Å². The molecular formula is C13H13Br2NOS. The highest BCUT2D eigenvalue weighted by Crippen LogP contribution is 2.28. The first-order valence-corrected chi connectivity index (χ1v) is 7.82. The summed E-state index contributed by atoms with van der Waals surface area (Å²) in [5.74, 6) is 0.843. The molecule has 2 aromatic rings. The molecule has 1 aromatic heterocycles. The number of rotatable bonds is 4. The summed E-state index contributed by atoms with van der Waals surface area (Å²) in [6, 6.07) is 8.12. The predicted octanol–water partition coefficient (Wildman–Crippen LogP) is 5.20. The minimum absolute atomic E-state index is 0.816. The normalized spacial score (nSPS) is 10.4. The average Bonchev–Trinajstić information content (AvgIpc) is 2.65. The van der Waals surface area contributed by atoms with E-state index in [1.165, 1.54) is 14.2 Å². The van der Waals surface area contributed by atoms with Crippen molar-refractivity contribution in [2.45, 2.75) is 13.5 Å². The molecule has 2 rings (SSSR count). The van der Waals surface area contributed by atoms with Crippen LogP contribution in [0.1, 0.15) is 9.75 Å². The quantitative estimate of drug-likeness (QED) is 0.774. The molecule has 0 radical (unpaired) electrons. The van der Waals surface area contributed by atoms with Crippen molar-refractivity contribution in [3.05, 3.63) is 43.0 Å². The van der Waals surface area contributed by atoms with Crippen LogP contribution in [0.5, 0.6) is 5.75 Å². The molecule has 96 valence electrons. The monoisotopic (exact) mass is 389 g/mol. The lowest BCUT2D eigenvalue weighted by molar-refractivity contribution is 0.414. The standard InChI is InChI=1S/C13H13Br2NOS/c1-8-13(15)6-12(18-8)7-16-10-3-9(14)4-11(5-10)17-2/h3-6,16H,7H2,1-2H3. The van der Waals surface area contributed by atoms with E-state index in [2.05, 4.69) is 50.2 Å². The SMILES string of the molecule is COc1cc(Br)cc(NCc2cc(Br)c(C)s2)c1. The van der Waals surface area contributed by atoms with Gasteiger partial charge >= 0.3 is 0 Å². The van der Waals surface area contributed by atoms with Gasteiger partial charge in [-0.25, -0.2) is 0 Å². The van der Waals surface area contributed by atoms with Crippen LogP contribution in [0.2, 0.25) is 0 Å². The third-order valence-corrected chi connectivity index (χ3v) is 5.08. The zero-order valence-corrected chi connectivity index (χ0v) is 14.1. The minimum atomic E-state index is 0.816. The minimum Gasteiger partial charge on any atom is -0.497 e. The van der Waals surface area contributed by atoms with Crippen LogP contribution in [0.3, 0.4) is 0 Å². The maximum Gasteiger partial charge on any atom is 0.122 e. The van der Waals surface area contributed by atoms with Crippen LogP contribution < -0.4 is 10.1 Å². The number of methoxy groups -OCH3 is 1. The van der Waals surface area contributed by atoms with Gasteiger partial charge in [-0.3, -0.25) is 0 Å². The van der Waals surface area contributed by atoms with Crippen molar-refractivity contribution in [3.8, 4) is 5.75 Å². The van der Waals surface area contributed by atoms with E-state index in [0.29, 0.717) is 0 Å². The summed E-state index contributed by atoms with van der Waals surface area (Å²) in [6.07, 6.45) is 0. The maximum absolute atomic E-state index is 5.24. The highest BCUT2D eigenvalue weighted by molar-refractivity contribution is 9.10. The second-order valence-electron chi connectivity index (χ2n) is 3.85. The maximum atomic E-state index is 5.24. The van der Waals surface area contributed by atoms with Crippen LogP contribution in [0, 0.1) is 6.92 Å². The van der Waals surface area contributed by atoms with Crippen molar-refractivity contribution in [2.24, 2.45) is 0 Å². The number of ether oxygens (including phenoxy) is 1. The fraction of sp³-hybridized carbons (Fsp3) is 0.231. The molecule has 2 nitrogen and oxygen atoms in total. The summed E-state index contributed by atoms with van der Waals surface area (Å²) < 4.78 is 7.42. The van der Waals surface area contributed by atoms with Crippen LogP contribution in [-0.2, 0) is 6.54 Å². The number of hydrogen-bond donors (Lipinski definition) is 1. The number of hydrogen-bond acceptors (Lipinski definition) is 3. The van der Waals surface area contributed by atoms with E-state index in [1.807, 2.05) is 18.2 Å². The Hall–Kier alpha value is -0.520. The van der Waals surface area contributed by atoms with Gasteiger partial charge in [0, 0.05) is 37.0 Å². The summed E-state index contributed by atoms with van der Waals surface area (Å²) >= 11 is 8.80. The molecule has 0 unspecified atom stereocenters. The zero-order valence-electron chi connectivity index (χ0n) is 10.1. The summed E-state index contributed by atoms with van der Waals surface area (Å²) in [5.41, 5.74) is 1.04. The van der Waals surface area contributed by atoms with Gasteiger partial charge in [-0.15, -0.1) is 11.3 Å². The van der Waals surface area contributed by atoms with Crippen molar-refractivity contribution in [3.63, 3.8) is 0 Å². The molecule has 0 saturated carbocycles. The van der Waals surface area contributed by atoms with Crippen LogP contribution in [0.25, 0.3) is 0 Å². The molecule has 1 N–H and O–H groups in total. The second-order valence-corrected chi connectivity index (χ2v) is 6.96. The van der Waals surface area contributed by atoms with Gasteiger partial charge in [0.05, 0.1) is 7.11 Å². The van der Waals surface area contributed by atoms with E-state index in [4.69, 9.17) is 4.74 Å². The molecular weight excluding hydrogens is 378 g/mol. The number of nitrogens with one attached hydrogen (secondary N) is 1. The van der Waals surface area contributed by atoms with Crippen LogP contribution >= 0.6 is 43.2 Å². The lowest BCUT2D eigenvalue weighted by Crippen LogP contribution is -1.97.